The standard InChI is InChI=1S/C16H26N2O/c1-12(2)15-10-18(11-16(19-15)13(3)4)17-14-8-6-5-7-9-14/h5-9,12-13,15-17H,10-11H2,1-4H3. The average molecular weight is 262 g/mol. The van der Waals surface area contributed by atoms with Crippen molar-refractivity contribution in [3.63, 3.8) is 0 Å². The molecule has 2 rings (SSSR count). The average Bonchev–Trinajstić information content (AvgIpc) is 2.39. The molecule has 1 aromatic carbocycles. The second kappa shape index (κ2) is 6.40. The lowest BCUT2D eigenvalue weighted by Gasteiger charge is -2.41. The van der Waals surface area contributed by atoms with E-state index in [1.807, 2.05) is 6.07 Å². The summed E-state index contributed by atoms with van der Waals surface area (Å²) in [6.07, 6.45) is 0.606. The molecule has 19 heavy (non-hydrogen) atoms. The van der Waals surface area contributed by atoms with E-state index in [9.17, 15) is 0 Å². The van der Waals surface area contributed by atoms with Crippen molar-refractivity contribution in [3.8, 4) is 0 Å². The van der Waals surface area contributed by atoms with Gasteiger partial charge in [0, 0.05) is 18.8 Å². The van der Waals surface area contributed by atoms with Crippen molar-refractivity contribution in [1.82, 2.24) is 5.01 Å². The Morgan fingerprint density at radius 3 is 2.00 bits per heavy atom. The number of para-hydroxylation sites is 1. The van der Waals surface area contributed by atoms with Crippen LogP contribution in [-0.4, -0.2) is 30.3 Å². The summed E-state index contributed by atoms with van der Waals surface area (Å²) in [5.41, 5.74) is 4.65. The van der Waals surface area contributed by atoms with E-state index in [1.165, 1.54) is 0 Å². The molecule has 0 bridgehead atoms. The van der Waals surface area contributed by atoms with Crippen molar-refractivity contribution in [1.29, 1.82) is 0 Å². The van der Waals surface area contributed by atoms with E-state index < -0.39 is 0 Å². The maximum absolute atomic E-state index is 6.20. The second-order valence-electron chi connectivity index (χ2n) is 6.08. The molecule has 0 aromatic heterocycles. The van der Waals surface area contributed by atoms with E-state index in [0.29, 0.717) is 24.0 Å². The van der Waals surface area contributed by atoms with Gasteiger partial charge in [0.15, 0.2) is 0 Å². The highest BCUT2D eigenvalue weighted by Crippen LogP contribution is 2.22. The van der Waals surface area contributed by atoms with Crippen LogP contribution in [0.1, 0.15) is 27.7 Å². The number of hydrazine groups is 1. The van der Waals surface area contributed by atoms with Gasteiger partial charge >= 0.3 is 0 Å². The molecule has 1 fully saturated rings. The first kappa shape index (κ1) is 14.4. The molecule has 0 aliphatic carbocycles. The van der Waals surface area contributed by atoms with Crippen LogP contribution in [-0.2, 0) is 4.74 Å². The minimum atomic E-state index is 0.303. The molecule has 0 radical (unpaired) electrons. The van der Waals surface area contributed by atoms with Crippen LogP contribution in [0.4, 0.5) is 5.69 Å². The summed E-state index contributed by atoms with van der Waals surface area (Å²) in [7, 11) is 0. The highest BCUT2D eigenvalue weighted by atomic mass is 16.5. The molecule has 1 aliphatic rings. The second-order valence-corrected chi connectivity index (χ2v) is 6.08. The number of anilines is 1. The van der Waals surface area contributed by atoms with Gasteiger partial charge < -0.3 is 10.2 Å². The van der Waals surface area contributed by atoms with Crippen molar-refractivity contribution in [2.45, 2.75) is 39.9 Å². The zero-order chi connectivity index (χ0) is 13.8. The fourth-order valence-electron chi connectivity index (χ4n) is 2.34. The maximum atomic E-state index is 6.20. The summed E-state index contributed by atoms with van der Waals surface area (Å²) in [6, 6.07) is 10.4. The molecule has 0 spiro atoms. The molecule has 3 heteroatoms. The fraction of sp³-hybridized carbons (Fsp3) is 0.625. The van der Waals surface area contributed by atoms with E-state index in [0.717, 1.165) is 18.8 Å². The van der Waals surface area contributed by atoms with Crippen molar-refractivity contribution in [3.05, 3.63) is 30.3 Å². The van der Waals surface area contributed by atoms with Gasteiger partial charge in [-0.25, -0.2) is 5.01 Å². The van der Waals surface area contributed by atoms with E-state index in [-0.39, 0.29) is 0 Å². The Bertz CT molecular complexity index is 362. The number of ether oxygens (including phenoxy) is 1. The highest BCUT2D eigenvalue weighted by molar-refractivity contribution is 5.41. The molecule has 2 atom stereocenters. The summed E-state index contributed by atoms with van der Waals surface area (Å²) in [6.45, 7) is 10.8. The Morgan fingerprint density at radius 1 is 1.00 bits per heavy atom. The molecule has 1 aromatic rings. The third-order valence-corrected chi connectivity index (χ3v) is 3.70. The zero-order valence-electron chi connectivity index (χ0n) is 12.5. The van der Waals surface area contributed by atoms with Crippen molar-refractivity contribution >= 4 is 5.69 Å². The lowest BCUT2D eigenvalue weighted by molar-refractivity contribution is -0.113. The van der Waals surface area contributed by atoms with Crippen LogP contribution in [0.25, 0.3) is 0 Å². The molecule has 1 heterocycles. The molecule has 3 nitrogen and oxygen atoms in total. The SMILES string of the molecule is CC(C)C1CN(Nc2ccccc2)CC(C(C)C)O1. The number of benzene rings is 1. The number of hydrogen-bond donors (Lipinski definition) is 1. The Hall–Kier alpha value is -1.06. The molecular weight excluding hydrogens is 236 g/mol. The van der Waals surface area contributed by atoms with Gasteiger partial charge in [-0.3, -0.25) is 0 Å². The lowest BCUT2D eigenvalue weighted by atomic mass is 10.0. The van der Waals surface area contributed by atoms with Gasteiger partial charge in [-0.05, 0) is 24.0 Å². The van der Waals surface area contributed by atoms with Gasteiger partial charge in [-0.15, -0.1) is 0 Å². The minimum absolute atomic E-state index is 0.303. The Balaban J connectivity index is 2.02. The summed E-state index contributed by atoms with van der Waals surface area (Å²) in [5.74, 6) is 1.09. The molecule has 0 amide bonds. The Kier molecular flexibility index (Phi) is 4.83. The van der Waals surface area contributed by atoms with Gasteiger partial charge in [0.1, 0.15) is 0 Å². The number of morpholine rings is 1. The third-order valence-electron chi connectivity index (χ3n) is 3.70. The van der Waals surface area contributed by atoms with Gasteiger partial charge in [-0.2, -0.15) is 0 Å². The first-order chi connectivity index (χ1) is 9.06. The third kappa shape index (κ3) is 3.95. The zero-order valence-corrected chi connectivity index (χ0v) is 12.5. The quantitative estimate of drug-likeness (QED) is 0.900. The van der Waals surface area contributed by atoms with Crippen molar-refractivity contribution in [2.75, 3.05) is 18.5 Å². The largest absolute Gasteiger partial charge is 0.372 e. The molecule has 1 saturated heterocycles. The molecule has 2 unspecified atom stereocenters. The monoisotopic (exact) mass is 262 g/mol. The summed E-state index contributed by atoms with van der Waals surface area (Å²) in [4.78, 5) is 0. The Labute approximate surface area is 116 Å². The predicted octanol–water partition coefficient (Wildman–Crippen LogP) is 3.39. The smallest absolute Gasteiger partial charge is 0.0747 e. The van der Waals surface area contributed by atoms with Gasteiger partial charge in [-0.1, -0.05) is 45.9 Å². The van der Waals surface area contributed by atoms with Crippen LogP contribution in [0.5, 0.6) is 0 Å². The number of nitrogens with one attached hydrogen (secondary N) is 1. The normalized spacial score (nSPS) is 24.9. The summed E-state index contributed by atoms with van der Waals surface area (Å²) < 4.78 is 6.20. The molecule has 1 N–H and O–H groups in total. The summed E-state index contributed by atoms with van der Waals surface area (Å²) >= 11 is 0. The van der Waals surface area contributed by atoms with E-state index in [2.05, 4.69) is 62.4 Å². The number of rotatable bonds is 4. The van der Waals surface area contributed by atoms with Crippen LogP contribution in [0.2, 0.25) is 0 Å². The number of nitrogens with zero attached hydrogens (tertiary/aromatic N) is 1. The number of hydrogen-bond acceptors (Lipinski definition) is 3. The maximum Gasteiger partial charge on any atom is 0.0747 e. The highest BCUT2D eigenvalue weighted by Gasteiger charge is 2.31. The van der Waals surface area contributed by atoms with Crippen LogP contribution >= 0.6 is 0 Å². The summed E-state index contributed by atoms with van der Waals surface area (Å²) in [5, 5.41) is 2.30. The van der Waals surface area contributed by atoms with Gasteiger partial charge in [0.25, 0.3) is 0 Å². The molecule has 0 saturated carbocycles. The molecule has 1 aliphatic heterocycles. The van der Waals surface area contributed by atoms with Gasteiger partial charge in [0.2, 0.25) is 0 Å². The van der Waals surface area contributed by atoms with E-state index >= 15 is 0 Å². The topological polar surface area (TPSA) is 24.5 Å². The van der Waals surface area contributed by atoms with Crippen LogP contribution in [0, 0.1) is 11.8 Å². The predicted molar refractivity (Wildman–Crippen MR) is 80.0 cm³/mol. The van der Waals surface area contributed by atoms with Crippen LogP contribution in [0.3, 0.4) is 0 Å². The Morgan fingerprint density at radius 2 is 1.53 bits per heavy atom. The molecule has 106 valence electrons. The van der Waals surface area contributed by atoms with Crippen LogP contribution < -0.4 is 5.43 Å². The molecular formula is C16H26N2O. The minimum Gasteiger partial charge on any atom is -0.372 e. The van der Waals surface area contributed by atoms with Gasteiger partial charge in [0.05, 0.1) is 12.2 Å². The fourth-order valence-corrected chi connectivity index (χ4v) is 2.34. The van der Waals surface area contributed by atoms with Crippen molar-refractivity contribution < 1.29 is 4.74 Å². The van der Waals surface area contributed by atoms with E-state index in [1.54, 1.807) is 0 Å². The van der Waals surface area contributed by atoms with Crippen LogP contribution in [0.15, 0.2) is 30.3 Å². The van der Waals surface area contributed by atoms with E-state index in [4.69, 9.17) is 4.74 Å². The first-order valence-electron chi connectivity index (χ1n) is 7.28. The first-order valence-corrected chi connectivity index (χ1v) is 7.28. The van der Waals surface area contributed by atoms with Crippen molar-refractivity contribution in [2.24, 2.45) is 11.8 Å². The lowest BCUT2D eigenvalue weighted by Crippen LogP contribution is -2.53.